The number of hydrogen-bond donors (Lipinski definition) is 0. The second-order valence-corrected chi connectivity index (χ2v) is 3.48. The number of benzene rings is 1. The second-order valence-electron chi connectivity index (χ2n) is 3.48. The van der Waals surface area contributed by atoms with Crippen molar-refractivity contribution in [1.82, 2.24) is 0 Å². The summed E-state index contributed by atoms with van der Waals surface area (Å²) in [6.45, 7) is 0. The van der Waals surface area contributed by atoms with Gasteiger partial charge < -0.3 is 4.74 Å². The highest BCUT2D eigenvalue weighted by atomic mass is 19.1. The van der Waals surface area contributed by atoms with Crippen molar-refractivity contribution in [2.75, 3.05) is 7.11 Å². The SMILES string of the molecule is COc1ccc2c(c1)C(=O)C(F)(N=[N+]=[N-])C2. The Hall–Kier alpha value is -2.07. The van der Waals surface area contributed by atoms with Crippen molar-refractivity contribution in [2.24, 2.45) is 5.11 Å². The Balaban J connectivity index is 2.50. The molecule has 0 heterocycles. The molecule has 0 N–H and O–H groups in total. The van der Waals surface area contributed by atoms with Gasteiger partial charge in [-0.05, 0) is 28.3 Å². The van der Waals surface area contributed by atoms with Gasteiger partial charge in [-0.15, -0.1) is 0 Å². The van der Waals surface area contributed by atoms with Gasteiger partial charge in [0, 0.05) is 16.9 Å². The van der Waals surface area contributed by atoms with Gasteiger partial charge in [-0.2, -0.15) is 0 Å². The molecule has 0 aliphatic heterocycles. The van der Waals surface area contributed by atoms with Crippen LogP contribution in [0.3, 0.4) is 0 Å². The number of rotatable bonds is 2. The van der Waals surface area contributed by atoms with E-state index in [4.69, 9.17) is 10.3 Å². The van der Waals surface area contributed by atoms with Crippen LogP contribution in [0.4, 0.5) is 4.39 Å². The van der Waals surface area contributed by atoms with Crippen molar-refractivity contribution in [3.05, 3.63) is 39.8 Å². The number of halogens is 1. The van der Waals surface area contributed by atoms with Gasteiger partial charge >= 0.3 is 0 Å². The molecule has 1 aliphatic carbocycles. The Morgan fingerprint density at radius 1 is 1.62 bits per heavy atom. The Labute approximate surface area is 90.5 Å². The van der Waals surface area contributed by atoms with E-state index in [-0.39, 0.29) is 12.0 Å². The van der Waals surface area contributed by atoms with Gasteiger partial charge in [0.15, 0.2) is 0 Å². The van der Waals surface area contributed by atoms with Gasteiger partial charge in [0.05, 0.1) is 7.11 Å². The summed E-state index contributed by atoms with van der Waals surface area (Å²) in [4.78, 5) is 14.0. The van der Waals surface area contributed by atoms with Crippen LogP contribution in [0.5, 0.6) is 5.75 Å². The number of fused-ring (bicyclic) bond motifs is 1. The van der Waals surface area contributed by atoms with Crippen LogP contribution in [0.2, 0.25) is 0 Å². The molecule has 82 valence electrons. The largest absolute Gasteiger partial charge is 0.497 e. The molecule has 1 aromatic carbocycles. The maximum Gasteiger partial charge on any atom is 0.255 e. The maximum atomic E-state index is 13.9. The first-order valence-electron chi connectivity index (χ1n) is 4.57. The fraction of sp³-hybridized carbons (Fsp3) is 0.300. The third-order valence-electron chi connectivity index (χ3n) is 2.54. The molecule has 0 radical (unpaired) electrons. The molecular formula is C10H8FN3O2. The molecule has 1 atom stereocenters. The number of azide groups is 1. The lowest BCUT2D eigenvalue weighted by molar-refractivity contribution is 0.0735. The second kappa shape index (κ2) is 3.50. The molecule has 0 aromatic heterocycles. The van der Waals surface area contributed by atoms with Crippen molar-refractivity contribution in [3.63, 3.8) is 0 Å². The predicted octanol–water partition coefficient (Wildman–Crippen LogP) is 2.41. The van der Waals surface area contributed by atoms with Crippen molar-refractivity contribution >= 4 is 5.78 Å². The zero-order valence-electron chi connectivity index (χ0n) is 8.48. The molecule has 0 bridgehead atoms. The summed E-state index contributed by atoms with van der Waals surface area (Å²) in [5, 5.41) is 2.93. The highest BCUT2D eigenvalue weighted by Gasteiger charge is 2.45. The van der Waals surface area contributed by atoms with Crippen molar-refractivity contribution in [2.45, 2.75) is 12.2 Å². The smallest absolute Gasteiger partial charge is 0.255 e. The molecule has 1 aliphatic rings. The summed E-state index contributed by atoms with van der Waals surface area (Å²) in [7, 11) is 1.46. The third kappa shape index (κ3) is 1.40. The minimum absolute atomic E-state index is 0.213. The maximum absolute atomic E-state index is 13.9. The summed E-state index contributed by atoms with van der Waals surface area (Å²) >= 11 is 0. The van der Waals surface area contributed by atoms with Crippen LogP contribution >= 0.6 is 0 Å². The summed E-state index contributed by atoms with van der Waals surface area (Å²) in [6.07, 6.45) is -0.213. The molecule has 16 heavy (non-hydrogen) atoms. The van der Waals surface area contributed by atoms with Gasteiger partial charge in [0.1, 0.15) is 5.75 Å². The lowest BCUT2D eigenvalue weighted by Crippen LogP contribution is -2.26. The molecule has 1 unspecified atom stereocenters. The van der Waals surface area contributed by atoms with Gasteiger partial charge in [0.2, 0.25) is 5.78 Å². The number of carbonyl (C=O) groups is 1. The first kappa shape index (κ1) is 10.4. The van der Waals surface area contributed by atoms with E-state index < -0.39 is 11.6 Å². The monoisotopic (exact) mass is 221 g/mol. The number of nitrogens with zero attached hydrogens (tertiary/aromatic N) is 3. The molecule has 0 amide bonds. The summed E-state index contributed by atoms with van der Waals surface area (Å²) in [6, 6.07) is 4.68. The Kier molecular flexibility index (Phi) is 2.29. The van der Waals surface area contributed by atoms with E-state index in [0.29, 0.717) is 11.3 Å². The van der Waals surface area contributed by atoms with Gasteiger partial charge in [-0.25, -0.2) is 4.39 Å². The molecule has 5 nitrogen and oxygen atoms in total. The quantitative estimate of drug-likeness (QED) is 0.333. The van der Waals surface area contributed by atoms with Crippen LogP contribution in [-0.2, 0) is 6.42 Å². The fourth-order valence-electron chi connectivity index (χ4n) is 1.74. The molecule has 0 spiro atoms. The van der Waals surface area contributed by atoms with E-state index in [9.17, 15) is 9.18 Å². The van der Waals surface area contributed by atoms with Crippen LogP contribution < -0.4 is 4.74 Å². The molecule has 2 rings (SSSR count). The number of carbonyl (C=O) groups excluding carboxylic acids is 1. The van der Waals surface area contributed by atoms with E-state index >= 15 is 0 Å². The minimum Gasteiger partial charge on any atom is -0.497 e. The zero-order chi connectivity index (χ0) is 11.8. The highest BCUT2D eigenvalue weighted by molar-refractivity contribution is 6.06. The van der Waals surface area contributed by atoms with Crippen molar-refractivity contribution < 1.29 is 13.9 Å². The van der Waals surface area contributed by atoms with Crippen molar-refractivity contribution in [1.29, 1.82) is 0 Å². The normalized spacial score (nSPS) is 22.5. The van der Waals surface area contributed by atoms with E-state index in [2.05, 4.69) is 10.0 Å². The number of alkyl halides is 1. The van der Waals surface area contributed by atoms with E-state index in [1.54, 1.807) is 12.1 Å². The van der Waals surface area contributed by atoms with Crippen LogP contribution in [-0.4, -0.2) is 18.7 Å². The average molecular weight is 221 g/mol. The summed E-state index contributed by atoms with van der Waals surface area (Å²) in [5.74, 6) is -2.82. The predicted molar refractivity (Wildman–Crippen MR) is 54.0 cm³/mol. The number of hydrogen-bond acceptors (Lipinski definition) is 3. The topological polar surface area (TPSA) is 75.1 Å². The summed E-state index contributed by atoms with van der Waals surface area (Å²) in [5.41, 5.74) is 8.98. The van der Waals surface area contributed by atoms with E-state index in [1.807, 2.05) is 0 Å². The standard InChI is InChI=1S/C10H8FN3O2/c1-16-7-3-2-6-5-10(11,13-14-12)9(15)8(6)4-7/h2-4H,5H2,1H3. The number of ether oxygens (including phenoxy) is 1. The molecule has 0 fully saturated rings. The number of Topliss-reactive ketones (excluding diaryl/α,β-unsaturated/α-hetero) is 1. The Morgan fingerprint density at radius 3 is 3.00 bits per heavy atom. The van der Waals surface area contributed by atoms with E-state index in [0.717, 1.165) is 0 Å². The van der Waals surface area contributed by atoms with Gasteiger partial charge in [-0.3, -0.25) is 4.79 Å². The van der Waals surface area contributed by atoms with Crippen LogP contribution in [0, 0.1) is 0 Å². The van der Waals surface area contributed by atoms with Gasteiger partial charge in [0.25, 0.3) is 5.79 Å². The first-order valence-corrected chi connectivity index (χ1v) is 4.57. The first-order chi connectivity index (χ1) is 7.60. The third-order valence-corrected chi connectivity index (χ3v) is 2.54. The molecular weight excluding hydrogens is 213 g/mol. The zero-order valence-corrected chi connectivity index (χ0v) is 8.48. The number of methoxy groups -OCH3 is 1. The highest BCUT2D eigenvalue weighted by Crippen LogP contribution is 2.36. The lowest BCUT2D eigenvalue weighted by Gasteiger charge is -2.07. The Morgan fingerprint density at radius 2 is 2.38 bits per heavy atom. The van der Waals surface area contributed by atoms with Crippen LogP contribution in [0.25, 0.3) is 10.4 Å². The average Bonchev–Trinajstić information content (AvgIpc) is 2.52. The molecule has 0 saturated heterocycles. The van der Waals surface area contributed by atoms with Crippen molar-refractivity contribution in [3.8, 4) is 5.75 Å². The summed E-state index contributed by atoms with van der Waals surface area (Å²) < 4.78 is 18.9. The molecule has 6 heteroatoms. The Bertz CT molecular complexity index is 511. The molecule has 1 aromatic rings. The van der Waals surface area contributed by atoms with Gasteiger partial charge in [-0.1, -0.05) is 6.07 Å². The van der Waals surface area contributed by atoms with Crippen LogP contribution in [0.1, 0.15) is 15.9 Å². The lowest BCUT2D eigenvalue weighted by atomic mass is 10.1. The van der Waals surface area contributed by atoms with E-state index in [1.165, 1.54) is 13.2 Å². The minimum atomic E-state index is -2.48. The number of ketones is 1. The molecule has 0 saturated carbocycles. The van der Waals surface area contributed by atoms with Crippen LogP contribution in [0.15, 0.2) is 23.3 Å². The fourth-order valence-corrected chi connectivity index (χ4v) is 1.74.